The van der Waals surface area contributed by atoms with Crippen molar-refractivity contribution >= 4 is 23.4 Å². The molecule has 0 spiro atoms. The summed E-state index contributed by atoms with van der Waals surface area (Å²) >= 11 is 1.63. The molecule has 0 atom stereocenters. The van der Waals surface area contributed by atoms with Crippen LogP contribution in [0, 0.1) is 0 Å². The van der Waals surface area contributed by atoms with E-state index in [4.69, 9.17) is 4.74 Å². The maximum atomic E-state index is 12.5. The molecule has 0 aliphatic rings. The highest BCUT2D eigenvalue weighted by Gasteiger charge is 2.11. The Morgan fingerprint density at radius 3 is 2.40 bits per heavy atom. The van der Waals surface area contributed by atoms with Crippen LogP contribution < -0.4 is 10.1 Å². The lowest BCUT2D eigenvalue weighted by atomic mass is 10.1. The molecule has 3 aromatic rings. The van der Waals surface area contributed by atoms with Gasteiger partial charge in [0.25, 0.3) is 0 Å². The van der Waals surface area contributed by atoms with Gasteiger partial charge in [-0.05, 0) is 30.3 Å². The van der Waals surface area contributed by atoms with Crippen molar-refractivity contribution in [3.63, 3.8) is 0 Å². The van der Waals surface area contributed by atoms with E-state index in [9.17, 15) is 4.79 Å². The van der Waals surface area contributed by atoms with Gasteiger partial charge in [0.1, 0.15) is 5.75 Å². The molecule has 1 amide bonds. The van der Waals surface area contributed by atoms with Gasteiger partial charge in [-0.1, -0.05) is 60.3 Å². The average molecular weight is 349 g/mol. The summed E-state index contributed by atoms with van der Waals surface area (Å²) in [4.78, 5) is 14.6. The third-order valence-corrected chi connectivity index (χ3v) is 4.76. The van der Waals surface area contributed by atoms with E-state index in [2.05, 4.69) is 17.4 Å². The van der Waals surface area contributed by atoms with Crippen molar-refractivity contribution in [1.82, 2.24) is 0 Å². The fourth-order valence-corrected chi connectivity index (χ4v) is 3.41. The van der Waals surface area contributed by atoms with E-state index in [-0.39, 0.29) is 12.3 Å². The van der Waals surface area contributed by atoms with Crippen molar-refractivity contribution in [1.29, 1.82) is 0 Å². The first kappa shape index (κ1) is 17.1. The summed E-state index contributed by atoms with van der Waals surface area (Å²) in [5, 5.41) is 3.02. The molecule has 126 valence electrons. The smallest absolute Gasteiger partial charge is 0.228 e. The van der Waals surface area contributed by atoms with Gasteiger partial charge in [-0.2, -0.15) is 0 Å². The predicted octanol–water partition coefficient (Wildman–Crippen LogP) is 5.03. The van der Waals surface area contributed by atoms with E-state index in [0.717, 1.165) is 26.8 Å². The molecule has 3 aromatic carbocycles. The molecule has 0 unspecified atom stereocenters. The number of carbonyl (C=O) groups excluding carboxylic acids is 1. The number of para-hydroxylation sites is 2. The Morgan fingerprint density at radius 2 is 1.60 bits per heavy atom. The summed E-state index contributed by atoms with van der Waals surface area (Å²) in [6, 6.07) is 25.5. The van der Waals surface area contributed by atoms with Crippen LogP contribution in [0.4, 0.5) is 5.69 Å². The Labute approximate surface area is 152 Å². The Morgan fingerprint density at radius 1 is 0.920 bits per heavy atom. The number of benzene rings is 3. The van der Waals surface area contributed by atoms with Gasteiger partial charge < -0.3 is 10.1 Å². The van der Waals surface area contributed by atoms with Crippen molar-refractivity contribution in [2.45, 2.75) is 16.2 Å². The quantitative estimate of drug-likeness (QED) is 0.678. The second-order valence-corrected chi connectivity index (χ2v) is 6.56. The van der Waals surface area contributed by atoms with E-state index in [1.165, 1.54) is 0 Å². The van der Waals surface area contributed by atoms with E-state index in [1.807, 2.05) is 66.7 Å². The van der Waals surface area contributed by atoms with Crippen LogP contribution in [0.3, 0.4) is 0 Å². The Kier molecular flexibility index (Phi) is 5.75. The molecule has 0 saturated heterocycles. The largest absolute Gasteiger partial charge is 0.496 e. The van der Waals surface area contributed by atoms with Crippen molar-refractivity contribution in [3.8, 4) is 5.75 Å². The molecule has 0 aliphatic heterocycles. The molecular weight excluding hydrogens is 330 g/mol. The summed E-state index contributed by atoms with van der Waals surface area (Å²) < 4.78 is 5.32. The molecule has 0 bridgehead atoms. The first-order chi connectivity index (χ1) is 12.3. The number of hydrogen-bond donors (Lipinski definition) is 1. The molecule has 0 aliphatic carbocycles. The van der Waals surface area contributed by atoms with Gasteiger partial charge in [0.15, 0.2) is 0 Å². The number of carbonyl (C=O) groups is 1. The molecule has 3 rings (SSSR count). The van der Waals surface area contributed by atoms with Gasteiger partial charge >= 0.3 is 0 Å². The number of nitrogens with one attached hydrogen (secondary N) is 1. The molecule has 1 N–H and O–H groups in total. The van der Waals surface area contributed by atoms with Crippen LogP contribution in [0.2, 0.25) is 0 Å². The second kappa shape index (κ2) is 8.40. The van der Waals surface area contributed by atoms with Crippen LogP contribution in [0.5, 0.6) is 5.75 Å². The average Bonchev–Trinajstić information content (AvgIpc) is 2.64. The van der Waals surface area contributed by atoms with Gasteiger partial charge in [-0.3, -0.25) is 4.79 Å². The maximum Gasteiger partial charge on any atom is 0.228 e. The minimum absolute atomic E-state index is 0.0642. The number of rotatable bonds is 6. The summed E-state index contributed by atoms with van der Waals surface area (Å²) in [6.07, 6.45) is 0.272. The fraction of sp³-hybridized carbons (Fsp3) is 0.0952. The van der Waals surface area contributed by atoms with Crippen molar-refractivity contribution in [2.75, 3.05) is 12.4 Å². The van der Waals surface area contributed by atoms with Crippen LogP contribution in [0.1, 0.15) is 5.56 Å². The van der Waals surface area contributed by atoms with Crippen LogP contribution in [-0.2, 0) is 11.2 Å². The summed E-state index contributed by atoms with van der Waals surface area (Å²) in [5.74, 6) is 0.662. The molecule has 0 fully saturated rings. The number of methoxy groups -OCH3 is 1. The molecule has 25 heavy (non-hydrogen) atoms. The van der Waals surface area contributed by atoms with Crippen molar-refractivity contribution in [2.24, 2.45) is 0 Å². The number of hydrogen-bond acceptors (Lipinski definition) is 3. The molecule has 3 nitrogen and oxygen atoms in total. The zero-order valence-corrected chi connectivity index (χ0v) is 14.8. The van der Waals surface area contributed by atoms with Crippen LogP contribution >= 0.6 is 11.8 Å². The highest BCUT2D eigenvalue weighted by atomic mass is 32.2. The Hall–Kier alpha value is -2.72. The Bertz CT molecular complexity index is 849. The van der Waals surface area contributed by atoms with Gasteiger partial charge in [-0.15, -0.1) is 0 Å². The minimum Gasteiger partial charge on any atom is -0.496 e. The highest BCUT2D eigenvalue weighted by Crippen LogP contribution is 2.33. The van der Waals surface area contributed by atoms with Gasteiger partial charge in [-0.25, -0.2) is 0 Å². The van der Waals surface area contributed by atoms with Crippen LogP contribution in [-0.4, -0.2) is 13.0 Å². The second-order valence-electron chi connectivity index (χ2n) is 5.45. The first-order valence-corrected chi connectivity index (χ1v) is 8.81. The number of anilines is 1. The van der Waals surface area contributed by atoms with Crippen LogP contribution in [0.25, 0.3) is 0 Å². The third kappa shape index (κ3) is 4.64. The predicted molar refractivity (Wildman–Crippen MR) is 102 cm³/mol. The van der Waals surface area contributed by atoms with Gasteiger partial charge in [0.05, 0.1) is 19.2 Å². The molecule has 0 radical (unpaired) electrons. The molecule has 0 aromatic heterocycles. The van der Waals surface area contributed by atoms with E-state index >= 15 is 0 Å². The summed E-state index contributed by atoms with van der Waals surface area (Å²) in [6.45, 7) is 0. The SMILES string of the molecule is COc1ccccc1CC(=O)Nc1ccccc1Sc1ccccc1. The molecule has 0 heterocycles. The lowest BCUT2D eigenvalue weighted by Gasteiger charge is -2.12. The first-order valence-electron chi connectivity index (χ1n) is 8.00. The van der Waals surface area contributed by atoms with Gasteiger partial charge in [0, 0.05) is 15.4 Å². The standard InChI is InChI=1S/C21H19NO2S/c1-24-19-13-7-5-9-16(19)15-21(23)22-18-12-6-8-14-20(18)25-17-10-3-2-4-11-17/h2-14H,15H2,1H3,(H,22,23). The Balaban J connectivity index is 1.73. The van der Waals surface area contributed by atoms with Crippen molar-refractivity contribution < 1.29 is 9.53 Å². The van der Waals surface area contributed by atoms with E-state index < -0.39 is 0 Å². The zero-order valence-electron chi connectivity index (χ0n) is 13.9. The topological polar surface area (TPSA) is 38.3 Å². The third-order valence-electron chi connectivity index (χ3n) is 3.68. The van der Waals surface area contributed by atoms with E-state index in [1.54, 1.807) is 18.9 Å². The summed E-state index contributed by atoms with van der Waals surface area (Å²) in [7, 11) is 1.61. The number of amides is 1. The molecular formula is C21H19NO2S. The van der Waals surface area contributed by atoms with Crippen LogP contribution in [0.15, 0.2) is 88.7 Å². The highest BCUT2D eigenvalue weighted by molar-refractivity contribution is 7.99. The van der Waals surface area contributed by atoms with E-state index in [0.29, 0.717) is 0 Å². The minimum atomic E-state index is -0.0642. The zero-order chi connectivity index (χ0) is 17.5. The molecule has 4 heteroatoms. The van der Waals surface area contributed by atoms with Crippen molar-refractivity contribution in [3.05, 3.63) is 84.4 Å². The maximum absolute atomic E-state index is 12.5. The fourth-order valence-electron chi connectivity index (χ4n) is 2.49. The lowest BCUT2D eigenvalue weighted by molar-refractivity contribution is -0.115. The monoisotopic (exact) mass is 349 g/mol. The molecule has 0 saturated carbocycles. The normalized spacial score (nSPS) is 10.3. The number of ether oxygens (including phenoxy) is 1. The van der Waals surface area contributed by atoms with Gasteiger partial charge in [0.2, 0.25) is 5.91 Å². The summed E-state index contributed by atoms with van der Waals surface area (Å²) in [5.41, 5.74) is 1.69. The lowest BCUT2D eigenvalue weighted by Crippen LogP contribution is -2.15.